The van der Waals surface area contributed by atoms with Crippen LogP contribution in [0.4, 0.5) is 10.6 Å². The molecular weight excluding hydrogens is 268 g/mol. The van der Waals surface area contributed by atoms with Gasteiger partial charge in [0.05, 0.1) is 0 Å². The van der Waals surface area contributed by atoms with E-state index in [9.17, 15) is 9.90 Å². The fraction of sp³-hybridized carbons (Fsp3) is 0.583. The maximum atomic E-state index is 11.2. The van der Waals surface area contributed by atoms with Gasteiger partial charge in [0.1, 0.15) is 5.82 Å². The van der Waals surface area contributed by atoms with Gasteiger partial charge in [0.15, 0.2) is 5.15 Å². The molecule has 0 saturated carbocycles. The summed E-state index contributed by atoms with van der Waals surface area (Å²) < 4.78 is 0. The minimum atomic E-state index is -0.794. The minimum absolute atomic E-state index is 0.133. The van der Waals surface area contributed by atoms with Gasteiger partial charge in [-0.2, -0.15) is 0 Å². The summed E-state index contributed by atoms with van der Waals surface area (Å²) in [5.41, 5.74) is 0. The Bertz CT molecular complexity index is 467. The van der Waals surface area contributed by atoms with Crippen LogP contribution in [0.3, 0.4) is 0 Å². The molecule has 19 heavy (non-hydrogen) atoms. The third-order valence-electron chi connectivity index (χ3n) is 3.94. The van der Waals surface area contributed by atoms with Gasteiger partial charge in [0.25, 0.3) is 0 Å². The number of carboxylic acid groups (broad SMARTS) is 1. The van der Waals surface area contributed by atoms with Crippen molar-refractivity contribution in [2.75, 3.05) is 5.32 Å². The van der Waals surface area contributed by atoms with E-state index in [0.717, 1.165) is 25.7 Å². The predicted molar refractivity (Wildman–Crippen MR) is 70.4 cm³/mol. The molecule has 3 atom stereocenters. The number of carbonyl (C=O) groups is 1. The quantitative estimate of drug-likeness (QED) is 0.869. The minimum Gasteiger partial charge on any atom is -0.465 e. The van der Waals surface area contributed by atoms with E-state index in [4.69, 9.17) is 11.6 Å². The molecule has 0 aromatic carbocycles. The van der Waals surface area contributed by atoms with E-state index in [1.807, 2.05) is 0 Å². The van der Waals surface area contributed by atoms with Gasteiger partial charge >= 0.3 is 6.09 Å². The van der Waals surface area contributed by atoms with Crippen LogP contribution in [0.5, 0.6) is 0 Å². The molecule has 0 aliphatic carbocycles. The van der Waals surface area contributed by atoms with Gasteiger partial charge in [-0.25, -0.2) is 4.79 Å². The number of piperidine rings is 1. The van der Waals surface area contributed by atoms with Crippen molar-refractivity contribution in [3.05, 3.63) is 17.3 Å². The van der Waals surface area contributed by atoms with E-state index >= 15 is 0 Å². The lowest BCUT2D eigenvalue weighted by Crippen LogP contribution is -2.49. The van der Waals surface area contributed by atoms with Crippen LogP contribution in [-0.4, -0.2) is 44.4 Å². The van der Waals surface area contributed by atoms with Crippen LogP contribution in [-0.2, 0) is 0 Å². The number of hydrogen-bond acceptors (Lipinski definition) is 4. The second kappa shape index (κ2) is 4.85. The van der Waals surface area contributed by atoms with Crippen molar-refractivity contribution in [2.45, 2.75) is 43.8 Å². The molecular formula is C12H15ClN4O2. The lowest BCUT2D eigenvalue weighted by molar-refractivity contribution is 0.0993. The van der Waals surface area contributed by atoms with Crippen LogP contribution < -0.4 is 5.32 Å². The van der Waals surface area contributed by atoms with Gasteiger partial charge < -0.3 is 15.3 Å². The maximum Gasteiger partial charge on any atom is 0.407 e. The molecule has 102 valence electrons. The first-order chi connectivity index (χ1) is 9.13. The normalized spacial score (nSPS) is 29.3. The van der Waals surface area contributed by atoms with Gasteiger partial charge in [-0.15, -0.1) is 10.2 Å². The first-order valence-corrected chi connectivity index (χ1v) is 6.78. The number of aromatic nitrogens is 2. The molecule has 1 aromatic rings. The molecule has 6 nitrogen and oxygen atoms in total. The van der Waals surface area contributed by atoms with E-state index in [-0.39, 0.29) is 18.1 Å². The van der Waals surface area contributed by atoms with Crippen LogP contribution in [0.1, 0.15) is 25.7 Å². The number of hydrogen-bond donors (Lipinski definition) is 2. The van der Waals surface area contributed by atoms with Crippen molar-refractivity contribution in [3.63, 3.8) is 0 Å². The Kier molecular flexibility index (Phi) is 3.18. The van der Waals surface area contributed by atoms with Gasteiger partial charge in [0.2, 0.25) is 0 Å². The highest BCUT2D eigenvalue weighted by atomic mass is 35.5. The van der Waals surface area contributed by atoms with Gasteiger partial charge in [-0.1, -0.05) is 11.6 Å². The van der Waals surface area contributed by atoms with E-state index in [1.165, 1.54) is 0 Å². The summed E-state index contributed by atoms with van der Waals surface area (Å²) in [5, 5.41) is 20.6. The van der Waals surface area contributed by atoms with E-state index in [0.29, 0.717) is 11.0 Å². The fourth-order valence-corrected chi connectivity index (χ4v) is 3.31. The zero-order valence-electron chi connectivity index (χ0n) is 10.3. The molecule has 2 fully saturated rings. The van der Waals surface area contributed by atoms with E-state index in [2.05, 4.69) is 15.5 Å². The van der Waals surface area contributed by atoms with E-state index in [1.54, 1.807) is 17.0 Å². The Morgan fingerprint density at radius 1 is 1.32 bits per heavy atom. The highest BCUT2D eigenvalue weighted by Gasteiger charge is 2.43. The molecule has 0 unspecified atom stereocenters. The second-order valence-corrected chi connectivity index (χ2v) is 5.52. The van der Waals surface area contributed by atoms with Gasteiger partial charge in [-0.3, -0.25) is 0 Å². The number of nitrogens with zero attached hydrogens (tertiary/aromatic N) is 3. The van der Waals surface area contributed by atoms with Gasteiger partial charge in [0, 0.05) is 18.1 Å². The lowest BCUT2D eigenvalue weighted by Gasteiger charge is -2.37. The summed E-state index contributed by atoms with van der Waals surface area (Å²) in [4.78, 5) is 12.8. The highest BCUT2D eigenvalue weighted by Crippen LogP contribution is 2.36. The summed E-state index contributed by atoms with van der Waals surface area (Å²) in [7, 11) is 0. The van der Waals surface area contributed by atoms with Crippen LogP contribution in [0.15, 0.2) is 12.1 Å². The Morgan fingerprint density at radius 3 is 2.53 bits per heavy atom. The van der Waals surface area contributed by atoms with Crippen molar-refractivity contribution >= 4 is 23.5 Å². The smallest absolute Gasteiger partial charge is 0.407 e. The molecule has 1 amide bonds. The maximum absolute atomic E-state index is 11.2. The molecule has 2 N–H and O–H groups in total. The average molecular weight is 283 g/mol. The number of amides is 1. The molecule has 2 bridgehead atoms. The monoisotopic (exact) mass is 282 g/mol. The van der Waals surface area contributed by atoms with Crippen molar-refractivity contribution in [1.29, 1.82) is 0 Å². The molecule has 3 heterocycles. The number of fused-ring (bicyclic) bond motifs is 2. The van der Waals surface area contributed by atoms with Gasteiger partial charge in [-0.05, 0) is 37.8 Å². The fourth-order valence-electron chi connectivity index (χ4n) is 3.21. The first-order valence-electron chi connectivity index (χ1n) is 6.40. The highest BCUT2D eigenvalue weighted by molar-refractivity contribution is 6.29. The summed E-state index contributed by atoms with van der Waals surface area (Å²) in [5.74, 6) is 0.692. The van der Waals surface area contributed by atoms with Crippen LogP contribution >= 0.6 is 11.6 Å². The van der Waals surface area contributed by atoms with Crippen molar-refractivity contribution < 1.29 is 9.90 Å². The Labute approximate surface area is 115 Å². The average Bonchev–Trinajstić information content (AvgIpc) is 2.65. The molecule has 0 spiro atoms. The van der Waals surface area contributed by atoms with Crippen molar-refractivity contribution in [3.8, 4) is 0 Å². The SMILES string of the molecule is O=C(O)N1[C@@H]2CC[C@H]1C[C@H](Nc1ccc(Cl)nn1)C2. The number of anilines is 1. The lowest BCUT2D eigenvalue weighted by atomic mass is 9.98. The summed E-state index contributed by atoms with van der Waals surface area (Å²) in [6.45, 7) is 0. The predicted octanol–water partition coefficient (Wildman–Crippen LogP) is 2.22. The molecule has 1 aromatic heterocycles. The number of rotatable bonds is 2. The number of halogens is 1. The molecule has 2 aliphatic rings. The van der Waals surface area contributed by atoms with Crippen molar-refractivity contribution in [2.24, 2.45) is 0 Å². The van der Waals surface area contributed by atoms with Crippen LogP contribution in [0, 0.1) is 0 Å². The Morgan fingerprint density at radius 2 is 2.00 bits per heavy atom. The molecule has 7 heteroatoms. The molecule has 0 radical (unpaired) electrons. The zero-order chi connectivity index (χ0) is 13.4. The molecule has 2 aliphatic heterocycles. The largest absolute Gasteiger partial charge is 0.465 e. The summed E-state index contributed by atoms with van der Waals surface area (Å²) in [6.07, 6.45) is 2.78. The standard InChI is InChI=1S/C12H15ClN4O2/c13-10-3-4-11(16-15-10)14-7-5-8-1-2-9(6-7)17(8)12(18)19/h3-4,7-9H,1-2,5-6H2,(H,14,16)(H,18,19)/t7-,8-,9+. The Hall–Kier alpha value is -1.56. The number of nitrogens with one attached hydrogen (secondary N) is 1. The molecule has 2 saturated heterocycles. The topological polar surface area (TPSA) is 78.4 Å². The van der Waals surface area contributed by atoms with Crippen molar-refractivity contribution in [1.82, 2.24) is 15.1 Å². The van der Waals surface area contributed by atoms with Crippen LogP contribution in [0.25, 0.3) is 0 Å². The zero-order valence-corrected chi connectivity index (χ0v) is 11.0. The first kappa shape index (κ1) is 12.5. The van der Waals surface area contributed by atoms with E-state index < -0.39 is 6.09 Å². The summed E-state index contributed by atoms with van der Waals surface area (Å²) in [6, 6.07) is 4.00. The Balaban J connectivity index is 1.66. The second-order valence-electron chi connectivity index (χ2n) is 5.13. The summed E-state index contributed by atoms with van der Waals surface area (Å²) >= 11 is 5.69. The molecule has 3 rings (SSSR count). The third-order valence-corrected chi connectivity index (χ3v) is 4.14. The third kappa shape index (κ3) is 2.45. The van der Waals surface area contributed by atoms with Crippen LogP contribution in [0.2, 0.25) is 5.15 Å².